The van der Waals surface area contributed by atoms with Gasteiger partial charge in [-0.05, 0) is 55.8 Å². The van der Waals surface area contributed by atoms with Crippen LogP contribution in [-0.4, -0.2) is 19.0 Å². The van der Waals surface area contributed by atoms with E-state index in [4.69, 9.17) is 5.11 Å². The Labute approximate surface area is 161 Å². The second-order valence-corrected chi connectivity index (χ2v) is 7.41. The molecule has 4 rings (SSSR count). The topological polar surface area (TPSA) is 28.0 Å². The molecule has 3 aromatic rings. The van der Waals surface area contributed by atoms with Gasteiger partial charge in [0.2, 0.25) is 0 Å². The molecule has 3 nitrogen and oxygen atoms in total. The van der Waals surface area contributed by atoms with Crippen molar-refractivity contribution in [1.29, 1.82) is 0 Å². The Morgan fingerprint density at radius 3 is 1.70 bits per heavy atom. The number of hydrogen-bond donors (Lipinski definition) is 0. The average Bonchev–Trinajstić information content (AvgIpc) is 3.53. The fraction of sp³-hybridized carbons (Fsp3) is 0.250. The minimum Gasteiger partial charge on any atom is -0.300 e. The third-order valence-corrected chi connectivity index (χ3v) is 5.50. The maximum absolute atomic E-state index is 4.69. The summed E-state index contributed by atoms with van der Waals surface area (Å²) in [6, 6.07) is 29.1. The third-order valence-electron chi connectivity index (χ3n) is 5.50. The van der Waals surface area contributed by atoms with E-state index in [1.807, 2.05) is 36.4 Å². The molecule has 0 heterocycles. The largest absolute Gasteiger partial charge is 0.300 e. The second-order valence-electron chi connectivity index (χ2n) is 7.41. The van der Waals surface area contributed by atoms with Crippen LogP contribution in [0.2, 0.25) is 0 Å². The van der Waals surface area contributed by atoms with Gasteiger partial charge in [0.15, 0.2) is 0 Å². The molecule has 136 valence electrons. The number of azo groups is 1. The first-order chi connectivity index (χ1) is 13.2. The standard InChI is InChI=1S/C24H25N3/c1-27(2)24(17-18-24)21-13-15-22(16-14-21)25-26-23(19-9-5-3-6-10-19)20-11-7-4-8-12-20/h3-16,23H,17-18H2,1-2H3. The van der Waals surface area contributed by atoms with Crippen LogP contribution >= 0.6 is 0 Å². The molecule has 0 aromatic heterocycles. The number of hydrogen-bond acceptors (Lipinski definition) is 3. The Bertz CT molecular complexity index is 856. The second kappa shape index (κ2) is 7.45. The van der Waals surface area contributed by atoms with Crippen LogP contribution < -0.4 is 0 Å². The molecule has 27 heavy (non-hydrogen) atoms. The molecular weight excluding hydrogens is 330 g/mol. The molecule has 3 aromatic carbocycles. The molecule has 0 atom stereocenters. The minimum absolute atomic E-state index is 0.0939. The van der Waals surface area contributed by atoms with Crippen molar-refractivity contribution in [1.82, 2.24) is 4.90 Å². The molecule has 0 aliphatic heterocycles. The van der Waals surface area contributed by atoms with Gasteiger partial charge in [0.25, 0.3) is 0 Å². The summed E-state index contributed by atoms with van der Waals surface area (Å²) in [4.78, 5) is 2.32. The molecule has 0 radical (unpaired) electrons. The number of rotatable bonds is 6. The van der Waals surface area contributed by atoms with E-state index in [0.29, 0.717) is 0 Å². The highest BCUT2D eigenvalue weighted by Gasteiger charge is 2.46. The summed E-state index contributed by atoms with van der Waals surface area (Å²) in [6.07, 6.45) is 2.45. The summed E-state index contributed by atoms with van der Waals surface area (Å²) >= 11 is 0. The van der Waals surface area contributed by atoms with Crippen molar-refractivity contribution < 1.29 is 0 Å². The van der Waals surface area contributed by atoms with Crippen molar-refractivity contribution in [2.45, 2.75) is 24.4 Å². The lowest BCUT2D eigenvalue weighted by atomic mass is 10.00. The number of benzene rings is 3. The molecule has 1 aliphatic carbocycles. The van der Waals surface area contributed by atoms with Crippen molar-refractivity contribution >= 4 is 5.69 Å². The van der Waals surface area contributed by atoms with Crippen LogP contribution in [0.4, 0.5) is 5.69 Å². The van der Waals surface area contributed by atoms with E-state index in [0.717, 1.165) is 16.8 Å². The van der Waals surface area contributed by atoms with Crippen molar-refractivity contribution in [3.05, 3.63) is 102 Å². The van der Waals surface area contributed by atoms with Crippen molar-refractivity contribution in [2.24, 2.45) is 10.2 Å². The van der Waals surface area contributed by atoms with E-state index in [-0.39, 0.29) is 11.6 Å². The molecule has 3 heteroatoms. The summed E-state index contributed by atoms with van der Waals surface area (Å²) < 4.78 is 0. The average molecular weight is 355 g/mol. The molecule has 0 spiro atoms. The van der Waals surface area contributed by atoms with Crippen LogP contribution in [0, 0.1) is 0 Å². The quantitative estimate of drug-likeness (QED) is 0.490. The van der Waals surface area contributed by atoms with Crippen LogP contribution in [0.1, 0.15) is 35.6 Å². The lowest BCUT2D eigenvalue weighted by Gasteiger charge is -2.24. The smallest absolute Gasteiger partial charge is 0.121 e. The lowest BCUT2D eigenvalue weighted by molar-refractivity contribution is 0.276. The highest BCUT2D eigenvalue weighted by molar-refractivity contribution is 5.42. The van der Waals surface area contributed by atoms with E-state index in [1.54, 1.807) is 0 Å². The molecule has 1 saturated carbocycles. The summed E-state index contributed by atoms with van der Waals surface area (Å²) in [7, 11) is 4.32. The first kappa shape index (κ1) is 17.6. The SMILES string of the molecule is CN(C)C1(c2ccc(N=NC(c3ccccc3)c3ccccc3)cc2)CC1. The maximum Gasteiger partial charge on any atom is 0.121 e. The zero-order valence-electron chi connectivity index (χ0n) is 15.9. The van der Waals surface area contributed by atoms with E-state index >= 15 is 0 Å². The summed E-state index contributed by atoms with van der Waals surface area (Å²) in [5, 5.41) is 9.25. The first-order valence-electron chi connectivity index (χ1n) is 9.48. The minimum atomic E-state index is -0.0939. The Morgan fingerprint density at radius 2 is 1.26 bits per heavy atom. The molecule has 0 saturated heterocycles. The van der Waals surface area contributed by atoms with Crippen LogP contribution in [-0.2, 0) is 5.54 Å². The first-order valence-corrected chi connectivity index (χ1v) is 9.48. The molecule has 1 fully saturated rings. The molecular formula is C24H25N3. The van der Waals surface area contributed by atoms with Crippen LogP contribution in [0.3, 0.4) is 0 Å². The highest BCUT2D eigenvalue weighted by Crippen LogP contribution is 2.49. The molecule has 0 unspecified atom stereocenters. The summed E-state index contributed by atoms with van der Waals surface area (Å²) in [6.45, 7) is 0. The van der Waals surface area contributed by atoms with Gasteiger partial charge in [0.05, 0.1) is 5.69 Å². The van der Waals surface area contributed by atoms with Gasteiger partial charge in [-0.15, -0.1) is 0 Å². The van der Waals surface area contributed by atoms with Crippen LogP contribution in [0.25, 0.3) is 0 Å². The van der Waals surface area contributed by atoms with Gasteiger partial charge in [-0.3, -0.25) is 4.90 Å². The van der Waals surface area contributed by atoms with Crippen molar-refractivity contribution in [2.75, 3.05) is 14.1 Å². The van der Waals surface area contributed by atoms with Gasteiger partial charge >= 0.3 is 0 Å². The predicted octanol–water partition coefficient (Wildman–Crippen LogP) is 6.11. The Hall–Kier alpha value is -2.78. The van der Waals surface area contributed by atoms with Gasteiger partial charge in [-0.2, -0.15) is 10.2 Å². The van der Waals surface area contributed by atoms with Crippen LogP contribution in [0.15, 0.2) is 95.2 Å². The summed E-state index contributed by atoms with van der Waals surface area (Å²) in [5.74, 6) is 0. The van der Waals surface area contributed by atoms with Crippen molar-refractivity contribution in [3.8, 4) is 0 Å². The van der Waals surface area contributed by atoms with Crippen LogP contribution in [0.5, 0.6) is 0 Å². The fourth-order valence-corrected chi connectivity index (χ4v) is 3.67. The lowest BCUT2D eigenvalue weighted by Crippen LogP contribution is -2.27. The van der Waals surface area contributed by atoms with E-state index < -0.39 is 0 Å². The zero-order chi connectivity index (χ0) is 18.7. The van der Waals surface area contributed by atoms with Gasteiger partial charge < -0.3 is 0 Å². The predicted molar refractivity (Wildman–Crippen MR) is 110 cm³/mol. The fourth-order valence-electron chi connectivity index (χ4n) is 3.67. The van der Waals surface area contributed by atoms with Gasteiger partial charge in [0, 0.05) is 5.54 Å². The highest BCUT2D eigenvalue weighted by atomic mass is 15.2. The van der Waals surface area contributed by atoms with E-state index in [9.17, 15) is 0 Å². The Morgan fingerprint density at radius 1 is 0.741 bits per heavy atom. The number of nitrogens with zero attached hydrogens (tertiary/aromatic N) is 3. The molecule has 0 bridgehead atoms. The molecule has 1 aliphatic rings. The van der Waals surface area contributed by atoms with Gasteiger partial charge in [-0.1, -0.05) is 72.8 Å². The monoisotopic (exact) mass is 355 g/mol. The maximum atomic E-state index is 4.69. The van der Waals surface area contributed by atoms with Gasteiger partial charge in [-0.25, -0.2) is 0 Å². The van der Waals surface area contributed by atoms with E-state index in [1.165, 1.54) is 18.4 Å². The Kier molecular flexibility index (Phi) is 4.87. The van der Waals surface area contributed by atoms with Crippen molar-refractivity contribution in [3.63, 3.8) is 0 Å². The zero-order valence-corrected chi connectivity index (χ0v) is 15.9. The Balaban J connectivity index is 1.59. The molecule has 0 N–H and O–H groups in total. The summed E-state index contributed by atoms with van der Waals surface area (Å²) in [5.41, 5.74) is 4.79. The van der Waals surface area contributed by atoms with Gasteiger partial charge in [0.1, 0.15) is 6.04 Å². The molecule has 0 amide bonds. The third kappa shape index (κ3) is 3.69. The normalized spacial score (nSPS) is 15.6. The van der Waals surface area contributed by atoms with E-state index in [2.05, 4.69) is 72.6 Å².